The Hall–Kier alpha value is -2.83. The average molecular weight is 319 g/mol. The highest BCUT2D eigenvalue weighted by molar-refractivity contribution is 5.87. The summed E-state index contributed by atoms with van der Waals surface area (Å²) in [7, 11) is 2.97. The van der Waals surface area contributed by atoms with Gasteiger partial charge in [0.15, 0.2) is 0 Å². The van der Waals surface area contributed by atoms with Crippen LogP contribution in [0.5, 0.6) is 5.75 Å². The number of carbonyl (C=O) groups excluding carboxylic acids is 2. The minimum absolute atomic E-state index is 0.0425. The van der Waals surface area contributed by atoms with Gasteiger partial charge in [0, 0.05) is 26.3 Å². The second kappa shape index (κ2) is 6.51. The minimum atomic E-state index is -1.47. The number of ether oxygens (including phenoxy) is 3. The van der Waals surface area contributed by atoms with Crippen LogP contribution in [0.1, 0.15) is 25.7 Å². The van der Waals surface area contributed by atoms with Crippen LogP contribution in [-0.2, 0) is 26.1 Å². The number of esters is 2. The molecule has 2 aromatic rings. The van der Waals surface area contributed by atoms with Gasteiger partial charge in [0.2, 0.25) is 0 Å². The molecule has 0 bridgehead atoms. The molecule has 23 heavy (non-hydrogen) atoms. The molecule has 0 N–H and O–H groups in total. The van der Waals surface area contributed by atoms with E-state index in [0.29, 0.717) is 10.9 Å². The Bertz CT molecular complexity index is 807. The van der Waals surface area contributed by atoms with E-state index < -0.39 is 23.8 Å². The van der Waals surface area contributed by atoms with Crippen molar-refractivity contribution in [2.45, 2.75) is 20.1 Å². The minimum Gasteiger partial charge on any atom is -0.495 e. The van der Waals surface area contributed by atoms with Crippen LogP contribution in [0.25, 0.3) is 10.9 Å². The van der Waals surface area contributed by atoms with E-state index in [9.17, 15) is 14.4 Å². The first-order chi connectivity index (χ1) is 10.9. The zero-order valence-corrected chi connectivity index (χ0v) is 13.3. The lowest BCUT2D eigenvalue weighted by Gasteiger charge is -2.21. The summed E-state index contributed by atoms with van der Waals surface area (Å²) in [5, 5.41) is 0.636. The zero-order chi connectivity index (χ0) is 17.1. The van der Waals surface area contributed by atoms with E-state index >= 15 is 0 Å². The molecule has 122 valence electrons. The smallest absolute Gasteiger partial charge is 0.305 e. The molecule has 1 heterocycles. The lowest BCUT2D eigenvalue weighted by Crippen LogP contribution is -2.28. The Kier molecular flexibility index (Phi) is 4.68. The molecular formula is C16H17NO6. The number of hydrogen-bond acceptors (Lipinski definition) is 6. The number of hydrogen-bond donors (Lipinski definition) is 0. The van der Waals surface area contributed by atoms with Gasteiger partial charge in [0.05, 0.1) is 12.6 Å². The molecule has 0 amide bonds. The van der Waals surface area contributed by atoms with Crippen LogP contribution >= 0.6 is 0 Å². The van der Waals surface area contributed by atoms with Gasteiger partial charge in [0.1, 0.15) is 11.3 Å². The number of pyridine rings is 1. The van der Waals surface area contributed by atoms with Crippen molar-refractivity contribution < 1.29 is 23.8 Å². The second-order valence-electron chi connectivity index (χ2n) is 4.88. The SMILES string of the molecule is COc1c(C(OC(C)=O)OC(C)=O)c(=O)n(C)c2ccccc12. The van der Waals surface area contributed by atoms with Gasteiger partial charge in [-0.25, -0.2) is 0 Å². The first-order valence-corrected chi connectivity index (χ1v) is 6.86. The van der Waals surface area contributed by atoms with Crippen LogP contribution in [0.15, 0.2) is 29.1 Å². The third kappa shape index (κ3) is 3.18. The Morgan fingerprint density at radius 3 is 2.17 bits per heavy atom. The fraction of sp³-hybridized carbons (Fsp3) is 0.312. The molecule has 1 aromatic heterocycles. The maximum atomic E-state index is 12.7. The quantitative estimate of drug-likeness (QED) is 0.629. The Labute approximate surface area is 132 Å². The van der Waals surface area contributed by atoms with Crippen molar-refractivity contribution in [1.82, 2.24) is 4.57 Å². The molecule has 7 heteroatoms. The summed E-state index contributed by atoms with van der Waals surface area (Å²) in [6.07, 6.45) is -1.47. The molecule has 0 saturated carbocycles. The summed E-state index contributed by atoms with van der Waals surface area (Å²) in [4.78, 5) is 35.3. The highest BCUT2D eigenvalue weighted by Crippen LogP contribution is 2.32. The molecule has 0 radical (unpaired) electrons. The molecule has 7 nitrogen and oxygen atoms in total. The van der Waals surface area contributed by atoms with E-state index in [2.05, 4.69) is 0 Å². The van der Waals surface area contributed by atoms with Gasteiger partial charge in [-0.1, -0.05) is 12.1 Å². The molecule has 0 fully saturated rings. The highest BCUT2D eigenvalue weighted by atomic mass is 16.7. The van der Waals surface area contributed by atoms with Gasteiger partial charge < -0.3 is 18.8 Å². The van der Waals surface area contributed by atoms with Crippen LogP contribution < -0.4 is 10.3 Å². The summed E-state index contributed by atoms with van der Waals surface area (Å²) in [5.41, 5.74) is 0.120. The molecule has 0 aliphatic carbocycles. The Morgan fingerprint density at radius 2 is 1.65 bits per heavy atom. The van der Waals surface area contributed by atoms with Crippen molar-refractivity contribution in [3.05, 3.63) is 40.2 Å². The predicted molar refractivity (Wildman–Crippen MR) is 82.0 cm³/mol. The number of methoxy groups -OCH3 is 1. The number of carbonyl (C=O) groups is 2. The van der Waals surface area contributed by atoms with Crippen molar-refractivity contribution >= 4 is 22.8 Å². The summed E-state index contributed by atoms with van der Waals surface area (Å²) in [6, 6.07) is 7.09. The molecule has 0 saturated heterocycles. The number of aryl methyl sites for hydroxylation is 1. The number of aromatic nitrogens is 1. The fourth-order valence-electron chi connectivity index (χ4n) is 2.36. The van der Waals surface area contributed by atoms with Gasteiger partial charge in [-0.05, 0) is 12.1 Å². The summed E-state index contributed by atoms with van der Waals surface area (Å²) in [6.45, 7) is 2.32. The molecule has 1 aromatic carbocycles. The van der Waals surface area contributed by atoms with E-state index in [1.54, 1.807) is 31.3 Å². The third-order valence-corrected chi connectivity index (χ3v) is 3.28. The molecule has 0 atom stereocenters. The monoisotopic (exact) mass is 319 g/mol. The van der Waals surface area contributed by atoms with Crippen LogP contribution in [0.2, 0.25) is 0 Å². The van der Waals surface area contributed by atoms with E-state index in [4.69, 9.17) is 14.2 Å². The molecule has 0 spiro atoms. The highest BCUT2D eigenvalue weighted by Gasteiger charge is 2.28. The lowest BCUT2D eigenvalue weighted by molar-refractivity contribution is -0.186. The lowest BCUT2D eigenvalue weighted by atomic mass is 10.1. The molecule has 0 aliphatic heterocycles. The van der Waals surface area contributed by atoms with Crippen molar-refractivity contribution in [2.75, 3.05) is 7.11 Å². The third-order valence-electron chi connectivity index (χ3n) is 3.28. The van der Waals surface area contributed by atoms with E-state index in [1.807, 2.05) is 0 Å². The standard InChI is InChI=1S/C16H17NO6/c1-9(18)22-16(23-10(2)19)13-14(21-4)11-7-5-6-8-12(11)17(3)15(13)20/h5-8,16H,1-4H3. The maximum Gasteiger partial charge on any atom is 0.305 e. The first kappa shape index (κ1) is 16.5. The van der Waals surface area contributed by atoms with Crippen molar-refractivity contribution in [2.24, 2.45) is 7.05 Å². The molecular weight excluding hydrogens is 302 g/mol. The fourth-order valence-corrected chi connectivity index (χ4v) is 2.36. The predicted octanol–water partition coefficient (Wildman–Crippen LogP) is 1.67. The van der Waals surface area contributed by atoms with E-state index in [1.165, 1.54) is 11.7 Å². The Morgan fingerprint density at radius 1 is 1.09 bits per heavy atom. The first-order valence-electron chi connectivity index (χ1n) is 6.86. The Balaban J connectivity index is 2.79. The van der Waals surface area contributed by atoms with Crippen molar-refractivity contribution in [1.29, 1.82) is 0 Å². The van der Waals surface area contributed by atoms with Crippen LogP contribution in [-0.4, -0.2) is 23.6 Å². The largest absolute Gasteiger partial charge is 0.495 e. The van der Waals surface area contributed by atoms with Crippen LogP contribution in [0.3, 0.4) is 0 Å². The van der Waals surface area contributed by atoms with Gasteiger partial charge in [-0.3, -0.25) is 14.4 Å². The number of fused-ring (bicyclic) bond motifs is 1. The van der Waals surface area contributed by atoms with E-state index in [0.717, 1.165) is 13.8 Å². The average Bonchev–Trinajstić information content (AvgIpc) is 2.49. The zero-order valence-electron chi connectivity index (χ0n) is 13.3. The van der Waals surface area contributed by atoms with Crippen LogP contribution in [0.4, 0.5) is 0 Å². The maximum absolute atomic E-state index is 12.7. The van der Waals surface area contributed by atoms with Gasteiger partial charge in [-0.15, -0.1) is 0 Å². The normalized spacial score (nSPS) is 10.7. The number of benzene rings is 1. The molecule has 0 aliphatic rings. The number of rotatable bonds is 4. The van der Waals surface area contributed by atoms with Crippen molar-refractivity contribution in [3.8, 4) is 5.75 Å². The van der Waals surface area contributed by atoms with Gasteiger partial charge in [-0.2, -0.15) is 0 Å². The summed E-state index contributed by atoms with van der Waals surface area (Å²) >= 11 is 0. The van der Waals surface area contributed by atoms with Gasteiger partial charge >= 0.3 is 11.9 Å². The number of nitrogens with zero attached hydrogens (tertiary/aromatic N) is 1. The molecule has 2 rings (SSSR count). The molecule has 0 unspecified atom stereocenters. The van der Waals surface area contributed by atoms with E-state index in [-0.39, 0.29) is 11.3 Å². The topological polar surface area (TPSA) is 83.8 Å². The summed E-state index contributed by atoms with van der Waals surface area (Å²) in [5.74, 6) is -1.17. The van der Waals surface area contributed by atoms with Crippen LogP contribution in [0, 0.1) is 0 Å². The summed E-state index contributed by atoms with van der Waals surface area (Å²) < 4.78 is 16.7. The van der Waals surface area contributed by atoms with Gasteiger partial charge in [0.25, 0.3) is 11.8 Å². The van der Waals surface area contributed by atoms with Crippen molar-refractivity contribution in [3.63, 3.8) is 0 Å². The number of para-hydroxylation sites is 1. The second-order valence-corrected chi connectivity index (χ2v) is 4.88.